The molecule has 0 unspecified atom stereocenters. The van der Waals surface area contributed by atoms with Gasteiger partial charge in [-0.3, -0.25) is 0 Å². The molecule has 0 aliphatic heterocycles. The average Bonchev–Trinajstić information content (AvgIpc) is 2.45. The van der Waals surface area contributed by atoms with Crippen molar-refractivity contribution in [2.45, 2.75) is 13.0 Å². The third kappa shape index (κ3) is 3.19. The van der Waals surface area contributed by atoms with E-state index in [-0.39, 0.29) is 0 Å². The summed E-state index contributed by atoms with van der Waals surface area (Å²) in [6.45, 7) is 5.36. The van der Waals surface area contributed by atoms with Gasteiger partial charge in [0.1, 0.15) is 10.4 Å². The van der Waals surface area contributed by atoms with Gasteiger partial charge in [-0.05, 0) is 28.9 Å². The molecule has 66 valence electrons. The third-order valence-corrected chi connectivity index (χ3v) is 1.82. The summed E-state index contributed by atoms with van der Waals surface area (Å²) in [6.07, 6.45) is 4.64. The Kier molecular flexibility index (Phi) is 4.04. The Balaban J connectivity index is 2.19. The maximum absolute atomic E-state index is 4.12. The molecule has 0 atom stereocenters. The Morgan fingerprint density at radius 2 is 2.58 bits per heavy atom. The molecule has 0 saturated heterocycles. The largest absolute Gasteiger partial charge is 0.336 e. The molecule has 0 radical (unpaired) electrons. The van der Waals surface area contributed by atoms with Crippen molar-refractivity contribution >= 4 is 15.9 Å². The number of H-pyrrole nitrogens is 1. The van der Waals surface area contributed by atoms with Crippen molar-refractivity contribution in [2.24, 2.45) is 0 Å². The lowest BCUT2D eigenvalue weighted by molar-refractivity contribution is 0.672. The van der Waals surface area contributed by atoms with Gasteiger partial charge in [0.25, 0.3) is 0 Å². The molecule has 12 heavy (non-hydrogen) atoms. The molecule has 2 N–H and O–H groups in total. The van der Waals surface area contributed by atoms with E-state index in [1.165, 1.54) is 0 Å². The minimum absolute atomic E-state index is 0.777. The Hall–Kier alpha value is -0.610. The second-order valence-electron chi connectivity index (χ2n) is 2.43. The van der Waals surface area contributed by atoms with Crippen LogP contribution in [0.25, 0.3) is 0 Å². The fourth-order valence-corrected chi connectivity index (χ4v) is 1.17. The monoisotopic (exact) mass is 229 g/mol. The first-order valence-corrected chi connectivity index (χ1v) is 4.63. The highest BCUT2D eigenvalue weighted by Gasteiger charge is 1.95. The van der Waals surface area contributed by atoms with Gasteiger partial charge in [0.2, 0.25) is 0 Å². The molecule has 1 heterocycles. The van der Waals surface area contributed by atoms with Crippen LogP contribution < -0.4 is 5.32 Å². The molecule has 0 saturated carbocycles. The van der Waals surface area contributed by atoms with Crippen molar-refractivity contribution in [3.8, 4) is 0 Å². The predicted octanol–water partition coefficient (Wildman–Crippen LogP) is 1.84. The highest BCUT2D eigenvalue weighted by Crippen LogP contribution is 2.03. The van der Waals surface area contributed by atoms with Crippen molar-refractivity contribution in [1.29, 1.82) is 0 Å². The normalized spacial score (nSPS) is 10.1. The third-order valence-electron chi connectivity index (χ3n) is 1.42. The molecular formula is C8H12BrN3. The van der Waals surface area contributed by atoms with Crippen molar-refractivity contribution in [2.75, 3.05) is 6.54 Å². The maximum atomic E-state index is 4.12. The Bertz CT molecular complexity index is 244. The Morgan fingerprint density at radius 3 is 3.17 bits per heavy atom. The Morgan fingerprint density at radius 1 is 1.75 bits per heavy atom. The molecule has 0 aliphatic carbocycles. The fourth-order valence-electron chi connectivity index (χ4n) is 0.838. The van der Waals surface area contributed by atoms with Gasteiger partial charge < -0.3 is 10.3 Å². The Labute approximate surface area is 80.4 Å². The van der Waals surface area contributed by atoms with E-state index in [4.69, 9.17) is 0 Å². The zero-order chi connectivity index (χ0) is 8.81. The standard InChI is InChI=1S/C8H12BrN3/c1-2-3-4-10-6-8-11-5-7(9)12-8/h2,5,10H,1,3-4,6H2,(H,11,12). The predicted molar refractivity (Wildman–Crippen MR) is 52.8 cm³/mol. The minimum atomic E-state index is 0.777. The maximum Gasteiger partial charge on any atom is 0.120 e. The number of aromatic amines is 1. The molecule has 0 aliphatic rings. The number of hydrogen-bond donors (Lipinski definition) is 2. The first-order valence-electron chi connectivity index (χ1n) is 3.84. The van der Waals surface area contributed by atoms with E-state index in [1.54, 1.807) is 6.20 Å². The number of rotatable bonds is 5. The highest BCUT2D eigenvalue weighted by molar-refractivity contribution is 9.10. The van der Waals surface area contributed by atoms with E-state index in [9.17, 15) is 0 Å². The lowest BCUT2D eigenvalue weighted by Gasteiger charge is -1.98. The molecule has 0 bridgehead atoms. The number of aromatic nitrogens is 2. The molecule has 1 aromatic heterocycles. The summed E-state index contributed by atoms with van der Waals surface area (Å²) in [5, 5.41) is 3.23. The smallest absolute Gasteiger partial charge is 0.120 e. The molecular weight excluding hydrogens is 218 g/mol. The van der Waals surface area contributed by atoms with Gasteiger partial charge in [0, 0.05) is 0 Å². The van der Waals surface area contributed by atoms with E-state index >= 15 is 0 Å². The topological polar surface area (TPSA) is 40.7 Å². The van der Waals surface area contributed by atoms with Crippen LogP contribution in [0.4, 0.5) is 0 Å². The van der Waals surface area contributed by atoms with Gasteiger partial charge in [-0.15, -0.1) is 6.58 Å². The zero-order valence-electron chi connectivity index (χ0n) is 6.81. The summed E-state index contributed by atoms with van der Waals surface area (Å²) in [5.74, 6) is 0.950. The van der Waals surface area contributed by atoms with Crippen molar-refractivity contribution < 1.29 is 0 Å². The number of halogens is 1. The van der Waals surface area contributed by atoms with Crippen LogP contribution >= 0.6 is 15.9 Å². The lowest BCUT2D eigenvalue weighted by Crippen LogP contribution is -2.14. The highest BCUT2D eigenvalue weighted by atomic mass is 79.9. The lowest BCUT2D eigenvalue weighted by atomic mass is 10.4. The van der Waals surface area contributed by atoms with E-state index in [0.29, 0.717) is 0 Å². The van der Waals surface area contributed by atoms with Crippen LogP contribution in [0.15, 0.2) is 23.5 Å². The molecule has 1 aromatic rings. The van der Waals surface area contributed by atoms with Gasteiger partial charge in [0.05, 0.1) is 12.7 Å². The minimum Gasteiger partial charge on any atom is -0.336 e. The van der Waals surface area contributed by atoms with Crippen LogP contribution in [0.3, 0.4) is 0 Å². The van der Waals surface area contributed by atoms with Crippen LogP contribution in [0.1, 0.15) is 12.2 Å². The van der Waals surface area contributed by atoms with E-state index in [1.807, 2.05) is 6.08 Å². The number of nitrogens with zero attached hydrogens (tertiary/aromatic N) is 1. The van der Waals surface area contributed by atoms with E-state index in [0.717, 1.165) is 29.9 Å². The fraction of sp³-hybridized carbons (Fsp3) is 0.375. The molecule has 1 rings (SSSR count). The zero-order valence-corrected chi connectivity index (χ0v) is 8.39. The molecule has 4 heteroatoms. The van der Waals surface area contributed by atoms with Gasteiger partial charge in [-0.25, -0.2) is 4.98 Å². The van der Waals surface area contributed by atoms with Crippen LogP contribution in [0, 0.1) is 0 Å². The number of imidazole rings is 1. The van der Waals surface area contributed by atoms with Crippen LogP contribution in [-0.4, -0.2) is 16.5 Å². The van der Waals surface area contributed by atoms with Crippen molar-refractivity contribution in [3.05, 3.63) is 29.3 Å². The summed E-state index contributed by atoms with van der Waals surface area (Å²) in [7, 11) is 0. The SMILES string of the molecule is C=CCCNCc1ncc(Br)[nH]1. The van der Waals surface area contributed by atoms with Crippen molar-refractivity contribution in [1.82, 2.24) is 15.3 Å². The van der Waals surface area contributed by atoms with Gasteiger partial charge in [-0.2, -0.15) is 0 Å². The first kappa shape index (κ1) is 9.48. The summed E-state index contributed by atoms with van der Waals surface area (Å²) >= 11 is 3.29. The van der Waals surface area contributed by atoms with Crippen molar-refractivity contribution in [3.63, 3.8) is 0 Å². The molecule has 3 nitrogen and oxygen atoms in total. The molecule has 0 aromatic carbocycles. The average molecular weight is 230 g/mol. The second kappa shape index (κ2) is 5.11. The molecule has 0 fully saturated rings. The first-order chi connectivity index (χ1) is 5.83. The second-order valence-corrected chi connectivity index (χ2v) is 3.29. The van der Waals surface area contributed by atoms with Gasteiger partial charge >= 0.3 is 0 Å². The van der Waals surface area contributed by atoms with Crippen LogP contribution in [0.5, 0.6) is 0 Å². The van der Waals surface area contributed by atoms with E-state index < -0.39 is 0 Å². The summed E-state index contributed by atoms with van der Waals surface area (Å²) < 4.78 is 0.919. The quantitative estimate of drug-likeness (QED) is 0.598. The number of hydrogen-bond acceptors (Lipinski definition) is 2. The molecule has 0 amide bonds. The summed E-state index contributed by atoms with van der Waals surface area (Å²) in [5.41, 5.74) is 0. The molecule has 0 spiro atoms. The van der Waals surface area contributed by atoms with Crippen LogP contribution in [-0.2, 0) is 6.54 Å². The van der Waals surface area contributed by atoms with E-state index in [2.05, 4.69) is 37.8 Å². The van der Waals surface area contributed by atoms with Crippen LogP contribution in [0.2, 0.25) is 0 Å². The number of nitrogens with one attached hydrogen (secondary N) is 2. The summed E-state index contributed by atoms with van der Waals surface area (Å²) in [4.78, 5) is 7.19. The van der Waals surface area contributed by atoms with Gasteiger partial charge in [0.15, 0.2) is 0 Å². The van der Waals surface area contributed by atoms with Gasteiger partial charge in [-0.1, -0.05) is 6.08 Å². The summed E-state index contributed by atoms with van der Waals surface area (Å²) in [6, 6.07) is 0.